The van der Waals surface area contributed by atoms with Gasteiger partial charge in [-0.25, -0.2) is 0 Å². The SMILES string of the molecule is CCC(C)(C)c1ccc(CCCP(C)(F)(F)F)c(C(C)(C)CC)c1. The van der Waals surface area contributed by atoms with E-state index in [1.165, 1.54) is 11.1 Å². The van der Waals surface area contributed by atoms with Gasteiger partial charge >= 0.3 is 146 Å². The molecule has 0 saturated carbocycles. The molecule has 0 aliphatic rings. The molecule has 0 radical (unpaired) electrons. The van der Waals surface area contributed by atoms with Crippen molar-refractivity contribution in [1.82, 2.24) is 0 Å². The number of hydrogen-bond donors (Lipinski definition) is 0. The molecule has 0 aromatic heterocycles. The van der Waals surface area contributed by atoms with Gasteiger partial charge in [0.25, 0.3) is 0 Å². The van der Waals surface area contributed by atoms with Crippen LogP contribution in [0.25, 0.3) is 0 Å². The van der Waals surface area contributed by atoms with Gasteiger partial charge in [0.05, 0.1) is 0 Å². The van der Waals surface area contributed by atoms with E-state index in [0.717, 1.165) is 18.4 Å². The molecule has 140 valence electrons. The Morgan fingerprint density at radius 2 is 1.46 bits per heavy atom. The van der Waals surface area contributed by atoms with Crippen molar-refractivity contribution in [2.75, 3.05) is 12.8 Å². The minimum atomic E-state index is -5.89. The summed E-state index contributed by atoms with van der Waals surface area (Å²) in [6, 6.07) is 6.42. The Bertz CT molecular complexity index is 559. The van der Waals surface area contributed by atoms with Crippen molar-refractivity contribution >= 4 is 7.54 Å². The molecular weight excluding hydrogens is 328 g/mol. The summed E-state index contributed by atoms with van der Waals surface area (Å²) in [6.07, 6.45) is 2.10. The standard InChI is InChI=1S/C20H34F3P/c1-8-19(3,4)17-13-12-16(11-10-14-24(7,21,22)23)18(15-17)20(5,6)9-2/h12-13,15H,8-11,14H2,1-7H3. The van der Waals surface area contributed by atoms with Gasteiger partial charge in [0, 0.05) is 0 Å². The molecule has 0 spiro atoms. The van der Waals surface area contributed by atoms with Crippen LogP contribution in [0.15, 0.2) is 18.2 Å². The zero-order chi connectivity index (χ0) is 18.8. The van der Waals surface area contributed by atoms with Crippen molar-refractivity contribution in [2.24, 2.45) is 0 Å². The van der Waals surface area contributed by atoms with E-state index in [0.29, 0.717) is 13.1 Å². The van der Waals surface area contributed by atoms with E-state index in [1.807, 2.05) is 0 Å². The van der Waals surface area contributed by atoms with Gasteiger partial charge in [-0.15, -0.1) is 0 Å². The van der Waals surface area contributed by atoms with Gasteiger partial charge in [0.2, 0.25) is 0 Å². The summed E-state index contributed by atoms with van der Waals surface area (Å²) < 4.78 is 39.7. The summed E-state index contributed by atoms with van der Waals surface area (Å²) in [5.41, 5.74) is 3.65. The van der Waals surface area contributed by atoms with Crippen LogP contribution in [-0.2, 0) is 17.3 Å². The van der Waals surface area contributed by atoms with Crippen LogP contribution in [0.3, 0.4) is 0 Å². The van der Waals surface area contributed by atoms with Crippen LogP contribution in [0.2, 0.25) is 0 Å². The molecule has 0 bridgehead atoms. The second kappa shape index (κ2) is 6.98. The third-order valence-electron chi connectivity index (χ3n) is 5.47. The fraction of sp³-hybridized carbons (Fsp3) is 0.700. The van der Waals surface area contributed by atoms with Crippen LogP contribution in [0.5, 0.6) is 0 Å². The Hall–Kier alpha value is -0.560. The number of hydrogen-bond acceptors (Lipinski definition) is 0. The van der Waals surface area contributed by atoms with Gasteiger partial charge in [-0.2, -0.15) is 0 Å². The van der Waals surface area contributed by atoms with Gasteiger partial charge < -0.3 is 0 Å². The van der Waals surface area contributed by atoms with Crippen molar-refractivity contribution < 1.29 is 12.6 Å². The van der Waals surface area contributed by atoms with E-state index in [4.69, 9.17) is 0 Å². The van der Waals surface area contributed by atoms with Crippen LogP contribution in [0.1, 0.15) is 77.5 Å². The molecule has 0 saturated heterocycles. The Morgan fingerprint density at radius 3 is 1.92 bits per heavy atom. The van der Waals surface area contributed by atoms with Gasteiger partial charge in [-0.05, 0) is 0 Å². The second-order valence-electron chi connectivity index (χ2n) is 8.55. The first-order valence-electron chi connectivity index (χ1n) is 8.98. The number of benzene rings is 1. The molecule has 1 rings (SSSR count). The quantitative estimate of drug-likeness (QED) is 0.413. The van der Waals surface area contributed by atoms with Crippen LogP contribution >= 0.6 is 7.54 Å². The van der Waals surface area contributed by atoms with Crippen molar-refractivity contribution in [3.05, 3.63) is 34.9 Å². The molecule has 0 heterocycles. The van der Waals surface area contributed by atoms with E-state index in [1.54, 1.807) is 0 Å². The van der Waals surface area contributed by atoms with Crippen LogP contribution < -0.4 is 0 Å². The van der Waals surface area contributed by atoms with Crippen LogP contribution in [0.4, 0.5) is 12.6 Å². The second-order valence-corrected chi connectivity index (χ2v) is 11.7. The van der Waals surface area contributed by atoms with E-state index < -0.39 is 13.7 Å². The van der Waals surface area contributed by atoms with Crippen molar-refractivity contribution in [3.8, 4) is 0 Å². The molecule has 0 amide bonds. The molecule has 0 nitrogen and oxygen atoms in total. The molecule has 1 aromatic carbocycles. The summed E-state index contributed by atoms with van der Waals surface area (Å²) in [4.78, 5) is 0. The third-order valence-corrected chi connectivity index (χ3v) is 6.74. The summed E-state index contributed by atoms with van der Waals surface area (Å²) in [5, 5.41) is 0. The minimum absolute atomic E-state index is 0.0198. The fourth-order valence-electron chi connectivity index (χ4n) is 2.85. The number of aryl methyl sites for hydroxylation is 1. The molecular formula is C20H34F3P. The maximum absolute atomic E-state index is 13.2. The van der Waals surface area contributed by atoms with Crippen molar-refractivity contribution in [3.63, 3.8) is 0 Å². The average Bonchev–Trinajstić information content (AvgIpc) is 2.45. The first-order valence-corrected chi connectivity index (χ1v) is 11.5. The predicted octanol–water partition coefficient (Wildman–Crippen LogP) is 7.83. The zero-order valence-electron chi connectivity index (χ0n) is 16.3. The first kappa shape index (κ1) is 21.5. The van der Waals surface area contributed by atoms with Gasteiger partial charge in [0.15, 0.2) is 0 Å². The monoisotopic (exact) mass is 362 g/mol. The number of halogens is 3. The molecule has 0 aliphatic carbocycles. The number of rotatable bonds is 8. The molecule has 24 heavy (non-hydrogen) atoms. The Labute approximate surface area is 146 Å². The first-order chi connectivity index (χ1) is 10.7. The zero-order valence-corrected chi connectivity index (χ0v) is 17.2. The molecule has 0 unspecified atom stereocenters. The Morgan fingerprint density at radius 1 is 0.917 bits per heavy atom. The molecule has 4 heteroatoms. The van der Waals surface area contributed by atoms with Crippen LogP contribution in [-0.4, -0.2) is 12.8 Å². The normalized spacial score (nSPS) is 15.2. The summed E-state index contributed by atoms with van der Waals surface area (Å²) in [5.74, 6) is 0. The molecule has 0 fully saturated rings. The maximum atomic E-state index is 13.2. The van der Waals surface area contributed by atoms with Gasteiger partial charge in [-0.1, -0.05) is 0 Å². The third kappa shape index (κ3) is 6.06. The average molecular weight is 362 g/mol. The van der Waals surface area contributed by atoms with Crippen molar-refractivity contribution in [2.45, 2.75) is 78.1 Å². The Balaban J connectivity index is 3.16. The predicted molar refractivity (Wildman–Crippen MR) is 102 cm³/mol. The van der Waals surface area contributed by atoms with Gasteiger partial charge in [0.1, 0.15) is 0 Å². The van der Waals surface area contributed by atoms with E-state index >= 15 is 0 Å². The van der Waals surface area contributed by atoms with E-state index in [-0.39, 0.29) is 17.3 Å². The van der Waals surface area contributed by atoms with E-state index in [9.17, 15) is 12.6 Å². The van der Waals surface area contributed by atoms with E-state index in [2.05, 4.69) is 59.7 Å². The fourth-order valence-corrected chi connectivity index (χ4v) is 3.68. The van der Waals surface area contributed by atoms with Crippen molar-refractivity contribution in [1.29, 1.82) is 0 Å². The summed E-state index contributed by atoms with van der Waals surface area (Å²) in [6.45, 7) is 13.6. The molecule has 0 aliphatic heterocycles. The molecule has 0 atom stereocenters. The summed E-state index contributed by atoms with van der Waals surface area (Å²) in [7, 11) is -5.89. The Kier molecular flexibility index (Phi) is 6.25. The van der Waals surface area contributed by atoms with Crippen LogP contribution in [0, 0.1) is 0 Å². The summed E-state index contributed by atoms with van der Waals surface area (Å²) >= 11 is 0. The topological polar surface area (TPSA) is 0 Å². The molecule has 0 N–H and O–H groups in total. The molecule has 1 aromatic rings. The van der Waals surface area contributed by atoms with Gasteiger partial charge in [-0.3, -0.25) is 0 Å².